The number of rotatable bonds is 5. The van der Waals surface area contributed by atoms with Crippen molar-refractivity contribution in [2.75, 3.05) is 26.3 Å². The second-order valence-corrected chi connectivity index (χ2v) is 4.72. The van der Waals surface area contributed by atoms with Crippen LogP contribution in [0.15, 0.2) is 12.5 Å². The highest BCUT2D eigenvalue weighted by atomic mass is 19.4. The Morgan fingerprint density at radius 3 is 3.00 bits per heavy atom. The van der Waals surface area contributed by atoms with Gasteiger partial charge in [0.2, 0.25) is 0 Å². The maximum Gasteiger partial charge on any atom is 0.411 e. The summed E-state index contributed by atoms with van der Waals surface area (Å²) in [6.07, 6.45) is 1.38. The van der Waals surface area contributed by atoms with Crippen molar-refractivity contribution in [2.45, 2.75) is 31.5 Å². The number of piperidine rings is 1. The van der Waals surface area contributed by atoms with E-state index >= 15 is 0 Å². The zero-order valence-electron chi connectivity index (χ0n) is 10.6. The smallest absolute Gasteiger partial charge is 0.370 e. The lowest BCUT2D eigenvalue weighted by Crippen LogP contribution is -2.29. The van der Waals surface area contributed by atoms with Crippen molar-refractivity contribution in [3.63, 3.8) is 0 Å². The summed E-state index contributed by atoms with van der Waals surface area (Å²) in [7, 11) is 0. The Balaban J connectivity index is 1.82. The Morgan fingerprint density at radius 1 is 1.47 bits per heavy atom. The Kier molecular flexibility index (Phi) is 4.81. The standard InChI is InChI=1S/C12H18F3N3O/c13-12(14,15)8-19-5-4-18-9-17-7-11(18)10-2-1-3-16-6-10/h7,9-10,16H,1-6,8H2. The first kappa shape index (κ1) is 14.3. The molecule has 1 aliphatic rings. The van der Waals surface area contributed by atoms with Crippen LogP contribution >= 0.6 is 0 Å². The molecule has 1 fully saturated rings. The minimum absolute atomic E-state index is 0.0447. The molecule has 1 saturated heterocycles. The normalized spacial score (nSPS) is 20.7. The number of nitrogens with zero attached hydrogens (tertiary/aromatic N) is 2. The first-order chi connectivity index (χ1) is 9.06. The highest BCUT2D eigenvalue weighted by Crippen LogP contribution is 2.22. The largest absolute Gasteiger partial charge is 0.411 e. The van der Waals surface area contributed by atoms with Gasteiger partial charge < -0.3 is 14.6 Å². The third-order valence-corrected chi connectivity index (χ3v) is 3.20. The molecule has 1 aromatic rings. The van der Waals surface area contributed by atoms with Crippen LogP contribution in [0.4, 0.5) is 13.2 Å². The van der Waals surface area contributed by atoms with Crippen LogP contribution < -0.4 is 5.32 Å². The van der Waals surface area contributed by atoms with E-state index < -0.39 is 12.8 Å². The number of halogens is 3. The molecular weight excluding hydrogens is 259 g/mol. The van der Waals surface area contributed by atoms with Crippen molar-refractivity contribution in [1.82, 2.24) is 14.9 Å². The zero-order valence-corrected chi connectivity index (χ0v) is 10.6. The minimum atomic E-state index is -4.26. The van der Waals surface area contributed by atoms with Crippen molar-refractivity contribution in [2.24, 2.45) is 0 Å². The number of hydrogen-bond donors (Lipinski definition) is 1. The summed E-state index contributed by atoms with van der Waals surface area (Å²) >= 11 is 0. The lowest BCUT2D eigenvalue weighted by atomic mass is 9.96. The highest BCUT2D eigenvalue weighted by Gasteiger charge is 2.27. The van der Waals surface area contributed by atoms with E-state index in [9.17, 15) is 13.2 Å². The molecule has 4 nitrogen and oxygen atoms in total. The second-order valence-electron chi connectivity index (χ2n) is 4.72. The molecule has 0 amide bonds. The van der Waals surface area contributed by atoms with Gasteiger partial charge in [-0.15, -0.1) is 0 Å². The lowest BCUT2D eigenvalue weighted by molar-refractivity contribution is -0.174. The van der Waals surface area contributed by atoms with Gasteiger partial charge in [-0.05, 0) is 19.4 Å². The number of nitrogens with one attached hydrogen (secondary N) is 1. The molecule has 1 N–H and O–H groups in total. The SMILES string of the molecule is FC(F)(F)COCCn1cncc1C1CCCNC1. The first-order valence-corrected chi connectivity index (χ1v) is 6.41. The first-order valence-electron chi connectivity index (χ1n) is 6.41. The fourth-order valence-corrected chi connectivity index (χ4v) is 2.31. The molecule has 108 valence electrons. The number of ether oxygens (including phenoxy) is 1. The summed E-state index contributed by atoms with van der Waals surface area (Å²) in [6, 6.07) is 0. The van der Waals surface area contributed by atoms with E-state index in [2.05, 4.69) is 15.0 Å². The molecule has 1 aromatic heterocycles. The lowest BCUT2D eigenvalue weighted by Gasteiger charge is -2.23. The Bertz CT molecular complexity index is 386. The van der Waals surface area contributed by atoms with E-state index in [1.54, 1.807) is 12.5 Å². The molecule has 0 bridgehead atoms. The topological polar surface area (TPSA) is 39.1 Å². The van der Waals surface area contributed by atoms with Crippen LogP contribution in [-0.4, -0.2) is 42.0 Å². The maximum atomic E-state index is 11.9. The van der Waals surface area contributed by atoms with Gasteiger partial charge in [-0.25, -0.2) is 4.98 Å². The molecule has 0 saturated carbocycles. The van der Waals surface area contributed by atoms with Crippen LogP contribution in [0, 0.1) is 0 Å². The third kappa shape index (κ3) is 4.50. The van der Waals surface area contributed by atoms with Crippen molar-refractivity contribution < 1.29 is 17.9 Å². The van der Waals surface area contributed by atoms with Crippen LogP contribution in [0.2, 0.25) is 0 Å². The van der Waals surface area contributed by atoms with Crippen molar-refractivity contribution in [3.05, 3.63) is 18.2 Å². The molecule has 0 radical (unpaired) electrons. The Morgan fingerprint density at radius 2 is 2.32 bits per heavy atom. The highest BCUT2D eigenvalue weighted by molar-refractivity contribution is 5.08. The minimum Gasteiger partial charge on any atom is -0.370 e. The van der Waals surface area contributed by atoms with Crippen molar-refractivity contribution >= 4 is 0 Å². The van der Waals surface area contributed by atoms with E-state index in [0.717, 1.165) is 31.6 Å². The summed E-state index contributed by atoms with van der Waals surface area (Å²) < 4.78 is 42.3. The summed E-state index contributed by atoms with van der Waals surface area (Å²) in [4.78, 5) is 4.08. The average molecular weight is 277 g/mol. The van der Waals surface area contributed by atoms with Gasteiger partial charge in [0.15, 0.2) is 0 Å². The zero-order chi connectivity index (χ0) is 13.7. The quantitative estimate of drug-likeness (QED) is 0.836. The van der Waals surface area contributed by atoms with E-state index in [-0.39, 0.29) is 6.61 Å². The van der Waals surface area contributed by atoms with Crippen LogP contribution in [0.1, 0.15) is 24.5 Å². The van der Waals surface area contributed by atoms with E-state index in [0.29, 0.717) is 12.5 Å². The fourth-order valence-electron chi connectivity index (χ4n) is 2.31. The number of hydrogen-bond acceptors (Lipinski definition) is 3. The van der Waals surface area contributed by atoms with Gasteiger partial charge in [-0.2, -0.15) is 13.2 Å². The van der Waals surface area contributed by atoms with Crippen LogP contribution in [0.5, 0.6) is 0 Å². The Labute approximate surface area is 110 Å². The number of aromatic nitrogens is 2. The summed E-state index contributed by atoms with van der Waals surface area (Å²) in [5.74, 6) is 0.388. The molecular formula is C12H18F3N3O. The van der Waals surface area contributed by atoms with Crippen molar-refractivity contribution in [1.29, 1.82) is 0 Å². The van der Waals surface area contributed by atoms with Gasteiger partial charge in [0.1, 0.15) is 6.61 Å². The molecule has 0 spiro atoms. The van der Waals surface area contributed by atoms with Gasteiger partial charge in [0, 0.05) is 30.9 Å². The predicted octanol–water partition coefficient (Wildman–Crippen LogP) is 1.93. The maximum absolute atomic E-state index is 11.9. The molecule has 0 aliphatic carbocycles. The monoisotopic (exact) mass is 277 g/mol. The number of imidazole rings is 1. The molecule has 19 heavy (non-hydrogen) atoms. The van der Waals surface area contributed by atoms with Crippen LogP contribution in [0.25, 0.3) is 0 Å². The van der Waals surface area contributed by atoms with Gasteiger partial charge >= 0.3 is 6.18 Å². The fraction of sp³-hybridized carbons (Fsp3) is 0.750. The molecule has 0 aromatic carbocycles. The summed E-state index contributed by atoms with van der Waals surface area (Å²) in [5.41, 5.74) is 1.07. The summed E-state index contributed by atoms with van der Waals surface area (Å²) in [5, 5.41) is 3.32. The van der Waals surface area contributed by atoms with Gasteiger partial charge in [0.05, 0.1) is 12.9 Å². The average Bonchev–Trinajstić information content (AvgIpc) is 2.83. The van der Waals surface area contributed by atoms with Crippen LogP contribution in [0.3, 0.4) is 0 Å². The predicted molar refractivity (Wildman–Crippen MR) is 63.9 cm³/mol. The van der Waals surface area contributed by atoms with Crippen molar-refractivity contribution in [3.8, 4) is 0 Å². The van der Waals surface area contributed by atoms with Crippen LogP contribution in [-0.2, 0) is 11.3 Å². The molecule has 2 rings (SSSR count). The van der Waals surface area contributed by atoms with Gasteiger partial charge in [0.25, 0.3) is 0 Å². The van der Waals surface area contributed by atoms with E-state index in [4.69, 9.17) is 0 Å². The van der Waals surface area contributed by atoms with E-state index in [1.807, 2.05) is 4.57 Å². The molecule has 1 unspecified atom stereocenters. The van der Waals surface area contributed by atoms with E-state index in [1.165, 1.54) is 0 Å². The molecule has 2 heterocycles. The third-order valence-electron chi connectivity index (χ3n) is 3.20. The number of alkyl halides is 3. The molecule has 7 heteroatoms. The molecule has 1 aliphatic heterocycles. The summed E-state index contributed by atoms with van der Waals surface area (Å²) in [6.45, 7) is 1.18. The van der Waals surface area contributed by atoms with Gasteiger partial charge in [-0.3, -0.25) is 0 Å². The second kappa shape index (κ2) is 6.38. The Hall–Kier alpha value is -1.08. The molecule has 1 atom stereocenters. The van der Waals surface area contributed by atoms with Gasteiger partial charge in [-0.1, -0.05) is 0 Å².